The molecule has 2 aromatic carbocycles. The number of carbonyl (C=O) groups excluding carboxylic acids is 1. The Balaban J connectivity index is 1.43. The number of aryl methyl sites for hydroxylation is 2. The molecule has 4 nitrogen and oxygen atoms in total. The smallest absolute Gasteiger partial charge is 0.265 e. The van der Waals surface area contributed by atoms with Crippen LogP contribution in [0.3, 0.4) is 0 Å². The first-order valence-corrected chi connectivity index (χ1v) is 9.01. The standard InChI is InChI=1S/C20H15NO3S/c22-20(21-14-7-8-16-17(10-14)24-11-23-16)18-9-13-6-5-12-3-1-2-4-15(12)19(13)25-18/h1-4,7-10H,5-6,11H2,(H,21,22). The largest absolute Gasteiger partial charge is 0.454 e. The molecule has 3 aromatic rings. The van der Waals surface area contributed by atoms with Crippen molar-refractivity contribution in [3.63, 3.8) is 0 Å². The van der Waals surface area contributed by atoms with E-state index in [-0.39, 0.29) is 12.7 Å². The van der Waals surface area contributed by atoms with E-state index in [0.717, 1.165) is 17.7 Å². The highest BCUT2D eigenvalue weighted by atomic mass is 32.1. The Labute approximate surface area is 149 Å². The molecular weight excluding hydrogens is 334 g/mol. The van der Waals surface area contributed by atoms with Crippen LogP contribution in [0.25, 0.3) is 10.4 Å². The zero-order chi connectivity index (χ0) is 16.8. The molecule has 1 aliphatic carbocycles. The first kappa shape index (κ1) is 14.5. The van der Waals surface area contributed by atoms with Crippen molar-refractivity contribution in [1.29, 1.82) is 0 Å². The quantitative estimate of drug-likeness (QED) is 0.741. The Hall–Kier alpha value is -2.79. The molecule has 5 heteroatoms. The van der Waals surface area contributed by atoms with Crippen molar-refractivity contribution >= 4 is 22.9 Å². The highest BCUT2D eigenvalue weighted by molar-refractivity contribution is 7.17. The van der Waals surface area contributed by atoms with E-state index in [4.69, 9.17) is 9.47 Å². The summed E-state index contributed by atoms with van der Waals surface area (Å²) in [7, 11) is 0. The zero-order valence-corrected chi connectivity index (χ0v) is 14.2. The fraction of sp³-hybridized carbons (Fsp3) is 0.150. The third-order valence-electron chi connectivity index (χ3n) is 4.59. The molecule has 0 atom stereocenters. The lowest BCUT2D eigenvalue weighted by atomic mass is 9.91. The second-order valence-electron chi connectivity index (χ2n) is 6.14. The van der Waals surface area contributed by atoms with Gasteiger partial charge in [0.25, 0.3) is 5.91 Å². The zero-order valence-electron chi connectivity index (χ0n) is 13.4. The van der Waals surface area contributed by atoms with Gasteiger partial charge in [-0.25, -0.2) is 0 Å². The predicted octanol–water partition coefficient (Wildman–Crippen LogP) is 4.49. The van der Waals surface area contributed by atoms with Gasteiger partial charge >= 0.3 is 0 Å². The van der Waals surface area contributed by atoms with Crippen LogP contribution in [0.4, 0.5) is 5.69 Å². The molecular formula is C20H15NO3S. The summed E-state index contributed by atoms with van der Waals surface area (Å²) in [6.45, 7) is 0.226. The molecule has 124 valence electrons. The van der Waals surface area contributed by atoms with Gasteiger partial charge in [-0.15, -0.1) is 11.3 Å². The lowest BCUT2D eigenvalue weighted by Crippen LogP contribution is -2.10. The Morgan fingerprint density at radius 1 is 0.960 bits per heavy atom. The Morgan fingerprint density at radius 2 is 1.80 bits per heavy atom. The number of rotatable bonds is 2. The van der Waals surface area contributed by atoms with Crippen LogP contribution in [0.15, 0.2) is 48.5 Å². The Bertz CT molecular complexity index is 992. The predicted molar refractivity (Wildman–Crippen MR) is 97.7 cm³/mol. The molecule has 1 aliphatic heterocycles. The first-order chi connectivity index (χ1) is 12.3. The minimum atomic E-state index is -0.0873. The molecule has 5 rings (SSSR count). The van der Waals surface area contributed by atoms with E-state index in [1.54, 1.807) is 17.4 Å². The molecule has 0 radical (unpaired) electrons. The normalized spacial score (nSPS) is 13.9. The second kappa shape index (κ2) is 5.63. The molecule has 2 heterocycles. The van der Waals surface area contributed by atoms with Gasteiger partial charge in [0, 0.05) is 16.6 Å². The fourth-order valence-electron chi connectivity index (χ4n) is 3.35. The Kier molecular flexibility index (Phi) is 3.28. The highest BCUT2D eigenvalue weighted by Gasteiger charge is 2.22. The number of ether oxygens (including phenoxy) is 2. The highest BCUT2D eigenvalue weighted by Crippen LogP contribution is 2.40. The number of fused-ring (bicyclic) bond motifs is 4. The van der Waals surface area contributed by atoms with E-state index in [0.29, 0.717) is 17.2 Å². The van der Waals surface area contributed by atoms with Crippen LogP contribution in [0, 0.1) is 0 Å². The van der Waals surface area contributed by atoms with Crippen LogP contribution in [0.2, 0.25) is 0 Å². The number of anilines is 1. The molecule has 0 spiro atoms. The summed E-state index contributed by atoms with van der Waals surface area (Å²) in [6, 6.07) is 15.9. The molecule has 1 N–H and O–H groups in total. The molecule has 2 aliphatic rings. The van der Waals surface area contributed by atoms with E-state index in [1.165, 1.54) is 21.6 Å². The summed E-state index contributed by atoms with van der Waals surface area (Å²) in [5.74, 6) is 1.29. The van der Waals surface area contributed by atoms with Crippen molar-refractivity contribution in [2.75, 3.05) is 12.1 Å². The van der Waals surface area contributed by atoms with E-state index >= 15 is 0 Å². The average Bonchev–Trinajstić information content (AvgIpc) is 3.28. The van der Waals surface area contributed by atoms with Crippen molar-refractivity contribution in [2.45, 2.75) is 12.8 Å². The topological polar surface area (TPSA) is 47.6 Å². The molecule has 0 saturated carbocycles. The van der Waals surface area contributed by atoms with Crippen LogP contribution in [0.1, 0.15) is 20.8 Å². The van der Waals surface area contributed by atoms with E-state index in [2.05, 4.69) is 29.6 Å². The monoisotopic (exact) mass is 349 g/mol. The van der Waals surface area contributed by atoms with Gasteiger partial charge in [-0.1, -0.05) is 24.3 Å². The summed E-state index contributed by atoms with van der Waals surface area (Å²) < 4.78 is 10.7. The molecule has 0 fully saturated rings. The van der Waals surface area contributed by atoms with Gasteiger partial charge in [-0.3, -0.25) is 4.79 Å². The second-order valence-corrected chi connectivity index (χ2v) is 7.20. The number of carbonyl (C=O) groups is 1. The number of hydrogen-bond donors (Lipinski definition) is 1. The summed E-state index contributed by atoms with van der Waals surface area (Å²) in [4.78, 5) is 14.6. The molecule has 0 saturated heterocycles. The summed E-state index contributed by atoms with van der Waals surface area (Å²) >= 11 is 1.56. The third kappa shape index (κ3) is 2.48. The van der Waals surface area contributed by atoms with Crippen LogP contribution in [-0.4, -0.2) is 12.7 Å². The van der Waals surface area contributed by atoms with Gasteiger partial charge in [-0.2, -0.15) is 0 Å². The van der Waals surface area contributed by atoms with Crippen LogP contribution in [-0.2, 0) is 12.8 Å². The SMILES string of the molecule is O=C(Nc1ccc2c(c1)OCO2)c1cc2c(s1)-c1ccccc1CC2. The lowest BCUT2D eigenvalue weighted by molar-refractivity contribution is 0.103. The van der Waals surface area contributed by atoms with Crippen molar-refractivity contribution in [3.8, 4) is 21.9 Å². The average molecular weight is 349 g/mol. The third-order valence-corrected chi connectivity index (χ3v) is 5.80. The van der Waals surface area contributed by atoms with E-state index < -0.39 is 0 Å². The van der Waals surface area contributed by atoms with Gasteiger partial charge in [-0.05, 0) is 47.7 Å². The van der Waals surface area contributed by atoms with Gasteiger partial charge in [0.1, 0.15) is 0 Å². The van der Waals surface area contributed by atoms with Gasteiger partial charge < -0.3 is 14.8 Å². The van der Waals surface area contributed by atoms with E-state index in [1.807, 2.05) is 18.2 Å². The molecule has 25 heavy (non-hydrogen) atoms. The minimum absolute atomic E-state index is 0.0873. The van der Waals surface area contributed by atoms with Gasteiger partial charge in [0.05, 0.1) is 4.88 Å². The van der Waals surface area contributed by atoms with Crippen molar-refractivity contribution in [2.24, 2.45) is 0 Å². The van der Waals surface area contributed by atoms with Crippen molar-refractivity contribution in [1.82, 2.24) is 0 Å². The van der Waals surface area contributed by atoms with Gasteiger partial charge in [0.15, 0.2) is 11.5 Å². The summed E-state index contributed by atoms with van der Waals surface area (Å²) in [5.41, 5.74) is 4.59. The number of benzene rings is 2. The van der Waals surface area contributed by atoms with Crippen LogP contribution >= 0.6 is 11.3 Å². The molecule has 0 unspecified atom stereocenters. The summed E-state index contributed by atoms with van der Waals surface area (Å²) in [6.07, 6.45) is 2.02. The number of amides is 1. The first-order valence-electron chi connectivity index (χ1n) is 8.20. The molecule has 1 amide bonds. The maximum Gasteiger partial charge on any atom is 0.265 e. The lowest BCUT2D eigenvalue weighted by Gasteiger charge is -2.15. The number of thiophene rings is 1. The molecule has 1 aromatic heterocycles. The maximum atomic E-state index is 12.7. The van der Waals surface area contributed by atoms with Crippen LogP contribution in [0.5, 0.6) is 11.5 Å². The summed E-state index contributed by atoms with van der Waals surface area (Å²) in [5, 5.41) is 2.96. The van der Waals surface area contributed by atoms with Crippen molar-refractivity contribution < 1.29 is 14.3 Å². The maximum absolute atomic E-state index is 12.7. The fourth-order valence-corrected chi connectivity index (χ4v) is 4.52. The van der Waals surface area contributed by atoms with Crippen LogP contribution < -0.4 is 14.8 Å². The van der Waals surface area contributed by atoms with E-state index in [9.17, 15) is 4.79 Å². The van der Waals surface area contributed by atoms with Crippen molar-refractivity contribution in [3.05, 3.63) is 64.5 Å². The number of nitrogens with one attached hydrogen (secondary N) is 1. The molecule has 0 bridgehead atoms. The Morgan fingerprint density at radius 3 is 2.76 bits per heavy atom. The minimum Gasteiger partial charge on any atom is -0.454 e. The number of hydrogen-bond acceptors (Lipinski definition) is 4. The van der Waals surface area contributed by atoms with Gasteiger partial charge in [0.2, 0.25) is 6.79 Å².